The van der Waals surface area contributed by atoms with Crippen LogP contribution in [-0.4, -0.2) is 32.3 Å². The minimum atomic E-state index is -0.183. The van der Waals surface area contributed by atoms with Crippen LogP contribution in [0.25, 0.3) is 0 Å². The molecule has 0 saturated carbocycles. The normalized spacial score (nSPS) is 16.3. The second-order valence-electron chi connectivity index (χ2n) is 4.28. The van der Waals surface area contributed by atoms with Crippen LogP contribution in [-0.2, 0) is 4.74 Å². The third-order valence-electron chi connectivity index (χ3n) is 3.06. The van der Waals surface area contributed by atoms with Crippen LogP contribution < -0.4 is 15.8 Å². The first-order valence-electron chi connectivity index (χ1n) is 6.03. The van der Waals surface area contributed by atoms with E-state index >= 15 is 0 Å². The van der Waals surface area contributed by atoms with Crippen LogP contribution in [0.15, 0.2) is 18.2 Å². The Morgan fingerprint density at radius 1 is 1.44 bits per heavy atom. The Balaban J connectivity index is 2.12. The van der Waals surface area contributed by atoms with E-state index in [0.29, 0.717) is 30.2 Å². The summed E-state index contributed by atoms with van der Waals surface area (Å²) in [6.07, 6.45) is 1.67. The zero-order chi connectivity index (χ0) is 13.0. The molecule has 5 heteroatoms. The average molecular weight is 250 g/mol. The number of carbonyl (C=O) groups excluding carboxylic acids is 1. The van der Waals surface area contributed by atoms with Gasteiger partial charge >= 0.3 is 0 Å². The molecule has 1 amide bonds. The van der Waals surface area contributed by atoms with E-state index in [9.17, 15) is 4.79 Å². The number of methoxy groups -OCH3 is 1. The number of hydrogen-bond acceptors (Lipinski definition) is 4. The smallest absolute Gasteiger partial charge is 0.257 e. The van der Waals surface area contributed by atoms with Gasteiger partial charge in [0.25, 0.3) is 5.91 Å². The van der Waals surface area contributed by atoms with Gasteiger partial charge in [-0.1, -0.05) is 6.07 Å². The lowest BCUT2D eigenvalue weighted by Gasteiger charge is -2.23. The van der Waals surface area contributed by atoms with E-state index in [1.807, 2.05) is 0 Å². The molecule has 98 valence electrons. The SMILES string of the molecule is COc1cccc(N)c1C(=O)NC1CCOCC1. The summed E-state index contributed by atoms with van der Waals surface area (Å²) in [4.78, 5) is 12.2. The van der Waals surface area contributed by atoms with Crippen LogP contribution >= 0.6 is 0 Å². The molecule has 0 aromatic heterocycles. The van der Waals surface area contributed by atoms with Crippen LogP contribution in [0.3, 0.4) is 0 Å². The zero-order valence-corrected chi connectivity index (χ0v) is 10.4. The van der Waals surface area contributed by atoms with Crippen LogP contribution in [0.5, 0.6) is 5.75 Å². The van der Waals surface area contributed by atoms with Gasteiger partial charge in [0.1, 0.15) is 11.3 Å². The fourth-order valence-electron chi connectivity index (χ4n) is 2.06. The number of nitrogen functional groups attached to an aromatic ring is 1. The Morgan fingerprint density at radius 2 is 2.17 bits per heavy atom. The monoisotopic (exact) mass is 250 g/mol. The average Bonchev–Trinajstić information content (AvgIpc) is 2.39. The van der Waals surface area contributed by atoms with Crippen molar-refractivity contribution in [3.05, 3.63) is 23.8 Å². The van der Waals surface area contributed by atoms with Gasteiger partial charge in [-0.3, -0.25) is 4.79 Å². The van der Waals surface area contributed by atoms with Gasteiger partial charge < -0.3 is 20.5 Å². The van der Waals surface area contributed by atoms with Crippen molar-refractivity contribution in [2.24, 2.45) is 0 Å². The van der Waals surface area contributed by atoms with E-state index in [2.05, 4.69) is 5.32 Å². The Bertz CT molecular complexity index is 428. The van der Waals surface area contributed by atoms with Crippen molar-refractivity contribution in [3.8, 4) is 5.75 Å². The highest BCUT2D eigenvalue weighted by molar-refractivity contribution is 6.02. The fourth-order valence-corrected chi connectivity index (χ4v) is 2.06. The summed E-state index contributed by atoms with van der Waals surface area (Å²) in [6, 6.07) is 5.34. The Labute approximate surface area is 106 Å². The van der Waals surface area contributed by atoms with Crippen molar-refractivity contribution < 1.29 is 14.3 Å². The zero-order valence-electron chi connectivity index (χ0n) is 10.4. The van der Waals surface area contributed by atoms with Crippen molar-refractivity contribution in [1.29, 1.82) is 0 Å². The lowest BCUT2D eigenvalue weighted by molar-refractivity contribution is 0.0695. The number of carbonyl (C=O) groups is 1. The van der Waals surface area contributed by atoms with Gasteiger partial charge in [0, 0.05) is 24.9 Å². The molecule has 1 aromatic rings. The third-order valence-corrected chi connectivity index (χ3v) is 3.06. The van der Waals surface area contributed by atoms with Gasteiger partial charge in [0.05, 0.1) is 7.11 Å². The number of benzene rings is 1. The minimum Gasteiger partial charge on any atom is -0.496 e. The highest BCUT2D eigenvalue weighted by Crippen LogP contribution is 2.24. The van der Waals surface area contributed by atoms with Gasteiger partial charge in [-0.05, 0) is 25.0 Å². The second-order valence-corrected chi connectivity index (χ2v) is 4.28. The molecule has 2 rings (SSSR count). The van der Waals surface area contributed by atoms with Crippen LogP contribution in [0, 0.1) is 0 Å². The van der Waals surface area contributed by atoms with E-state index in [0.717, 1.165) is 12.8 Å². The summed E-state index contributed by atoms with van der Waals surface area (Å²) < 4.78 is 10.4. The lowest BCUT2D eigenvalue weighted by atomic mass is 10.1. The van der Waals surface area contributed by atoms with Gasteiger partial charge in [-0.25, -0.2) is 0 Å². The first kappa shape index (κ1) is 12.7. The molecule has 18 heavy (non-hydrogen) atoms. The first-order valence-corrected chi connectivity index (χ1v) is 6.03. The summed E-state index contributed by atoms with van der Waals surface area (Å²) >= 11 is 0. The Morgan fingerprint density at radius 3 is 2.83 bits per heavy atom. The Hall–Kier alpha value is -1.75. The van der Waals surface area contributed by atoms with Crippen molar-refractivity contribution in [2.45, 2.75) is 18.9 Å². The molecule has 1 aliphatic heterocycles. The lowest BCUT2D eigenvalue weighted by Crippen LogP contribution is -2.39. The summed E-state index contributed by atoms with van der Waals surface area (Å²) in [5, 5.41) is 2.97. The molecule has 0 spiro atoms. The molecule has 0 radical (unpaired) electrons. The van der Waals surface area contributed by atoms with Crippen molar-refractivity contribution in [2.75, 3.05) is 26.1 Å². The molecule has 1 saturated heterocycles. The number of amides is 1. The highest BCUT2D eigenvalue weighted by Gasteiger charge is 2.20. The van der Waals surface area contributed by atoms with Crippen LogP contribution in [0.4, 0.5) is 5.69 Å². The summed E-state index contributed by atoms with van der Waals surface area (Å²) in [7, 11) is 1.53. The number of anilines is 1. The maximum absolute atomic E-state index is 12.2. The van der Waals surface area contributed by atoms with E-state index < -0.39 is 0 Å². The maximum Gasteiger partial charge on any atom is 0.257 e. The fraction of sp³-hybridized carbons (Fsp3) is 0.462. The number of rotatable bonds is 3. The van der Waals surface area contributed by atoms with Crippen molar-refractivity contribution in [1.82, 2.24) is 5.32 Å². The minimum absolute atomic E-state index is 0.149. The highest BCUT2D eigenvalue weighted by atomic mass is 16.5. The second kappa shape index (κ2) is 5.73. The van der Waals surface area contributed by atoms with E-state index in [-0.39, 0.29) is 11.9 Å². The molecule has 1 aromatic carbocycles. The predicted octanol–water partition coefficient (Wildman–Crippen LogP) is 1.19. The first-order chi connectivity index (χ1) is 8.72. The molecule has 3 N–H and O–H groups in total. The third kappa shape index (κ3) is 2.73. The van der Waals surface area contributed by atoms with Crippen LogP contribution in [0.2, 0.25) is 0 Å². The summed E-state index contributed by atoms with van der Waals surface area (Å²) in [6.45, 7) is 1.37. The topological polar surface area (TPSA) is 73.6 Å². The Kier molecular flexibility index (Phi) is 4.04. The number of nitrogens with two attached hydrogens (primary N) is 1. The molecular weight excluding hydrogens is 232 g/mol. The van der Waals surface area contributed by atoms with Gasteiger partial charge in [-0.2, -0.15) is 0 Å². The van der Waals surface area contributed by atoms with Gasteiger partial charge in [0.15, 0.2) is 0 Å². The van der Waals surface area contributed by atoms with Crippen LogP contribution in [0.1, 0.15) is 23.2 Å². The predicted molar refractivity (Wildman–Crippen MR) is 68.7 cm³/mol. The molecule has 1 heterocycles. The van der Waals surface area contributed by atoms with Gasteiger partial charge in [0.2, 0.25) is 0 Å². The molecule has 0 aliphatic carbocycles. The number of ether oxygens (including phenoxy) is 2. The standard InChI is InChI=1S/C13H18N2O3/c1-17-11-4-2-3-10(14)12(11)13(16)15-9-5-7-18-8-6-9/h2-4,9H,5-8,14H2,1H3,(H,15,16). The summed E-state index contributed by atoms with van der Waals surface area (Å²) in [5.41, 5.74) is 6.68. The number of hydrogen-bond donors (Lipinski definition) is 2. The van der Waals surface area contributed by atoms with Crippen molar-refractivity contribution in [3.63, 3.8) is 0 Å². The van der Waals surface area contributed by atoms with E-state index in [4.69, 9.17) is 15.2 Å². The van der Waals surface area contributed by atoms with E-state index in [1.165, 1.54) is 7.11 Å². The largest absolute Gasteiger partial charge is 0.496 e. The number of nitrogens with one attached hydrogen (secondary N) is 1. The molecule has 5 nitrogen and oxygen atoms in total. The molecule has 0 bridgehead atoms. The molecule has 1 aliphatic rings. The quantitative estimate of drug-likeness (QED) is 0.790. The molecule has 0 atom stereocenters. The van der Waals surface area contributed by atoms with Gasteiger partial charge in [-0.15, -0.1) is 0 Å². The molecule has 0 unspecified atom stereocenters. The van der Waals surface area contributed by atoms with Crippen molar-refractivity contribution >= 4 is 11.6 Å². The maximum atomic E-state index is 12.2. The van der Waals surface area contributed by atoms with E-state index in [1.54, 1.807) is 18.2 Å². The molecule has 1 fully saturated rings. The summed E-state index contributed by atoms with van der Waals surface area (Å²) in [5.74, 6) is 0.316. The molecular formula is C13H18N2O3.